The summed E-state index contributed by atoms with van der Waals surface area (Å²) in [6.07, 6.45) is 7.36. The fourth-order valence-corrected chi connectivity index (χ4v) is 5.00. The van der Waals surface area contributed by atoms with E-state index in [0.29, 0.717) is 26.2 Å². The predicted octanol–water partition coefficient (Wildman–Crippen LogP) is 5.76. The number of aromatic nitrogens is 3. The molecule has 188 valence electrons. The Kier molecular flexibility index (Phi) is 6.44. The molecular weight excluding hydrogens is 470 g/mol. The number of hydrogen-bond acceptors (Lipinski definition) is 4. The van der Waals surface area contributed by atoms with Crippen molar-refractivity contribution < 1.29 is 4.79 Å². The van der Waals surface area contributed by atoms with E-state index in [9.17, 15) is 4.79 Å². The molecular formula is C32H29N5O. The smallest absolute Gasteiger partial charge is 0.246 e. The largest absolute Gasteiger partial charge is 0.352 e. The molecule has 3 heterocycles. The van der Waals surface area contributed by atoms with Gasteiger partial charge in [-0.3, -0.25) is 4.79 Å². The van der Waals surface area contributed by atoms with E-state index in [4.69, 9.17) is 9.97 Å². The molecule has 5 aromatic rings. The van der Waals surface area contributed by atoms with Gasteiger partial charge in [-0.15, -0.1) is 0 Å². The van der Waals surface area contributed by atoms with Crippen LogP contribution in [-0.4, -0.2) is 51.5 Å². The minimum Gasteiger partial charge on any atom is -0.352 e. The molecule has 6 rings (SSSR count). The van der Waals surface area contributed by atoms with Gasteiger partial charge in [-0.05, 0) is 36.3 Å². The van der Waals surface area contributed by atoms with Crippen LogP contribution in [0.5, 0.6) is 0 Å². The molecule has 1 aliphatic rings. The van der Waals surface area contributed by atoms with Crippen LogP contribution in [0.2, 0.25) is 0 Å². The number of carbonyl (C=O) groups excluding carboxylic acids is 1. The van der Waals surface area contributed by atoms with E-state index in [1.807, 2.05) is 47.4 Å². The van der Waals surface area contributed by atoms with E-state index in [1.165, 1.54) is 5.56 Å². The highest BCUT2D eigenvalue weighted by Gasteiger charge is 2.25. The standard InChI is InChI=1S/C32H29N5O/c1-24-12-15-27(16-13-24)37-22-28(26-10-6-3-7-11-26)30-31(33-23-34-32(30)37)36-20-18-35(19-21-36)29(38)17-14-25-8-4-2-5-9-25/h2-17,22-23H,18-21H2,1H3/b17-14+. The van der Waals surface area contributed by atoms with Crippen LogP contribution in [0, 0.1) is 6.92 Å². The second kappa shape index (κ2) is 10.3. The van der Waals surface area contributed by atoms with Crippen molar-refractivity contribution in [1.29, 1.82) is 0 Å². The molecule has 1 fully saturated rings. The monoisotopic (exact) mass is 499 g/mol. The predicted molar refractivity (Wildman–Crippen MR) is 153 cm³/mol. The fraction of sp³-hybridized carbons (Fsp3) is 0.156. The number of amides is 1. The Labute approximate surface area is 222 Å². The van der Waals surface area contributed by atoms with Gasteiger partial charge in [-0.2, -0.15) is 0 Å². The van der Waals surface area contributed by atoms with Gasteiger partial charge in [0.15, 0.2) is 5.65 Å². The summed E-state index contributed by atoms with van der Waals surface area (Å²) in [7, 11) is 0. The maximum absolute atomic E-state index is 12.8. The minimum absolute atomic E-state index is 0.0387. The first-order chi connectivity index (χ1) is 18.7. The fourth-order valence-electron chi connectivity index (χ4n) is 5.00. The number of nitrogens with zero attached hydrogens (tertiary/aromatic N) is 5. The van der Waals surface area contributed by atoms with E-state index in [2.05, 4.69) is 71.1 Å². The first-order valence-corrected chi connectivity index (χ1v) is 12.9. The Hall–Kier alpha value is -4.71. The average molecular weight is 500 g/mol. The number of piperazine rings is 1. The van der Waals surface area contributed by atoms with Crippen LogP contribution < -0.4 is 4.90 Å². The second-order valence-corrected chi connectivity index (χ2v) is 9.57. The molecule has 38 heavy (non-hydrogen) atoms. The van der Waals surface area contributed by atoms with Crippen LogP contribution in [0.3, 0.4) is 0 Å². The molecule has 1 saturated heterocycles. The quantitative estimate of drug-likeness (QED) is 0.289. The molecule has 6 heteroatoms. The summed E-state index contributed by atoms with van der Waals surface area (Å²) in [5.74, 6) is 0.948. The number of carbonyl (C=O) groups is 1. The lowest BCUT2D eigenvalue weighted by molar-refractivity contribution is -0.126. The number of aryl methyl sites for hydroxylation is 1. The number of fused-ring (bicyclic) bond motifs is 1. The molecule has 0 spiro atoms. The number of anilines is 1. The molecule has 0 radical (unpaired) electrons. The molecule has 0 atom stereocenters. The van der Waals surface area contributed by atoms with Gasteiger partial charge in [0.25, 0.3) is 0 Å². The Balaban J connectivity index is 1.31. The number of benzene rings is 3. The molecule has 0 unspecified atom stereocenters. The first kappa shape index (κ1) is 23.7. The molecule has 0 N–H and O–H groups in total. The van der Waals surface area contributed by atoms with Gasteiger partial charge in [0.05, 0.1) is 5.39 Å². The Morgan fingerprint density at radius 3 is 2.21 bits per heavy atom. The third-order valence-electron chi connectivity index (χ3n) is 7.07. The SMILES string of the molecule is Cc1ccc(-n2cc(-c3ccccc3)c3c(N4CCN(C(=O)/C=C/c5ccccc5)CC4)ncnc32)cc1. The van der Waals surface area contributed by atoms with E-state index >= 15 is 0 Å². The highest BCUT2D eigenvalue weighted by molar-refractivity contribution is 6.02. The van der Waals surface area contributed by atoms with E-state index in [1.54, 1.807) is 12.4 Å². The Morgan fingerprint density at radius 2 is 1.50 bits per heavy atom. The van der Waals surface area contributed by atoms with Crippen molar-refractivity contribution in [1.82, 2.24) is 19.4 Å². The lowest BCUT2D eigenvalue weighted by Crippen LogP contribution is -2.48. The third-order valence-corrected chi connectivity index (χ3v) is 7.07. The number of hydrogen-bond donors (Lipinski definition) is 0. The molecule has 1 aliphatic heterocycles. The lowest BCUT2D eigenvalue weighted by atomic mass is 10.1. The van der Waals surface area contributed by atoms with Crippen molar-refractivity contribution in [2.45, 2.75) is 6.92 Å². The minimum atomic E-state index is 0.0387. The average Bonchev–Trinajstić information content (AvgIpc) is 3.37. The maximum atomic E-state index is 12.8. The van der Waals surface area contributed by atoms with Crippen LogP contribution in [0.1, 0.15) is 11.1 Å². The molecule has 2 aromatic heterocycles. The van der Waals surface area contributed by atoms with Crippen molar-refractivity contribution in [3.63, 3.8) is 0 Å². The van der Waals surface area contributed by atoms with Gasteiger partial charge in [-0.25, -0.2) is 9.97 Å². The summed E-state index contributed by atoms with van der Waals surface area (Å²) >= 11 is 0. The van der Waals surface area contributed by atoms with Crippen molar-refractivity contribution in [2.24, 2.45) is 0 Å². The molecule has 0 saturated carbocycles. The first-order valence-electron chi connectivity index (χ1n) is 12.9. The normalized spacial score (nSPS) is 13.9. The van der Waals surface area contributed by atoms with Gasteiger partial charge >= 0.3 is 0 Å². The summed E-state index contributed by atoms with van der Waals surface area (Å²) in [4.78, 5) is 26.5. The summed E-state index contributed by atoms with van der Waals surface area (Å²) in [5, 5.41) is 1.03. The topological polar surface area (TPSA) is 54.3 Å². The van der Waals surface area contributed by atoms with E-state index in [-0.39, 0.29) is 5.91 Å². The molecule has 0 aliphatic carbocycles. The van der Waals surface area contributed by atoms with Gasteiger partial charge in [-0.1, -0.05) is 78.4 Å². The molecule has 1 amide bonds. The zero-order valence-corrected chi connectivity index (χ0v) is 21.4. The second-order valence-electron chi connectivity index (χ2n) is 9.57. The maximum Gasteiger partial charge on any atom is 0.246 e. The highest BCUT2D eigenvalue weighted by Crippen LogP contribution is 2.37. The Bertz CT molecular complexity index is 1580. The zero-order valence-electron chi connectivity index (χ0n) is 21.4. The van der Waals surface area contributed by atoms with Gasteiger partial charge in [0.1, 0.15) is 12.1 Å². The van der Waals surface area contributed by atoms with Crippen LogP contribution in [0.25, 0.3) is 33.9 Å². The summed E-state index contributed by atoms with van der Waals surface area (Å²) in [6.45, 7) is 4.79. The van der Waals surface area contributed by atoms with Crippen LogP contribution in [-0.2, 0) is 4.79 Å². The number of rotatable bonds is 5. The molecule has 6 nitrogen and oxygen atoms in total. The molecule has 3 aromatic carbocycles. The van der Waals surface area contributed by atoms with Crippen LogP contribution in [0.4, 0.5) is 5.82 Å². The summed E-state index contributed by atoms with van der Waals surface area (Å²) < 4.78 is 2.15. The van der Waals surface area contributed by atoms with E-state index in [0.717, 1.165) is 39.2 Å². The van der Waals surface area contributed by atoms with Crippen molar-refractivity contribution >= 4 is 28.8 Å². The van der Waals surface area contributed by atoms with Gasteiger partial charge in [0, 0.05) is 49.7 Å². The van der Waals surface area contributed by atoms with Crippen molar-refractivity contribution in [3.8, 4) is 16.8 Å². The summed E-state index contributed by atoms with van der Waals surface area (Å²) in [5.41, 5.74) is 6.40. The van der Waals surface area contributed by atoms with Gasteiger partial charge in [0.2, 0.25) is 5.91 Å². The van der Waals surface area contributed by atoms with Crippen LogP contribution in [0.15, 0.2) is 104 Å². The highest BCUT2D eigenvalue weighted by atomic mass is 16.2. The summed E-state index contributed by atoms with van der Waals surface area (Å²) in [6, 6.07) is 28.8. The van der Waals surface area contributed by atoms with Crippen molar-refractivity contribution in [3.05, 3.63) is 115 Å². The van der Waals surface area contributed by atoms with Crippen molar-refractivity contribution in [2.75, 3.05) is 31.1 Å². The zero-order chi connectivity index (χ0) is 25.9. The van der Waals surface area contributed by atoms with Crippen LogP contribution >= 0.6 is 0 Å². The Morgan fingerprint density at radius 1 is 0.816 bits per heavy atom. The third kappa shape index (κ3) is 4.68. The molecule has 0 bridgehead atoms. The lowest BCUT2D eigenvalue weighted by Gasteiger charge is -2.35. The van der Waals surface area contributed by atoms with E-state index < -0.39 is 0 Å². The van der Waals surface area contributed by atoms with Gasteiger partial charge < -0.3 is 14.4 Å².